The first-order valence-electron chi connectivity index (χ1n) is 12.1. The summed E-state index contributed by atoms with van der Waals surface area (Å²) in [5.41, 5.74) is 0.383. The highest BCUT2D eigenvalue weighted by atomic mass is 16.6. The van der Waals surface area contributed by atoms with Crippen molar-refractivity contribution < 1.29 is 19.0 Å². The summed E-state index contributed by atoms with van der Waals surface area (Å²) in [5.74, 6) is 0.419. The summed E-state index contributed by atoms with van der Waals surface area (Å²) in [4.78, 5) is 24.8. The summed E-state index contributed by atoms with van der Waals surface area (Å²) in [6.07, 6.45) is 11.4. The molecule has 0 aliphatic heterocycles. The number of unbranched alkanes of at least 4 members (excludes halogenated alkanes) is 8. The molecule has 6 nitrogen and oxygen atoms in total. The van der Waals surface area contributed by atoms with Gasteiger partial charge in [0.15, 0.2) is 5.75 Å². The molecule has 0 saturated carbocycles. The quantitative estimate of drug-likeness (QED) is 0.239. The van der Waals surface area contributed by atoms with E-state index in [4.69, 9.17) is 14.2 Å². The largest absolute Gasteiger partial charge is 0.494 e. The maximum atomic E-state index is 13.2. The Morgan fingerprint density at radius 1 is 0.906 bits per heavy atom. The van der Waals surface area contributed by atoms with Crippen LogP contribution in [0.5, 0.6) is 17.2 Å². The van der Waals surface area contributed by atoms with Crippen molar-refractivity contribution >= 4 is 16.9 Å². The van der Waals surface area contributed by atoms with Gasteiger partial charge in [0.1, 0.15) is 5.75 Å². The highest BCUT2D eigenvalue weighted by Crippen LogP contribution is 2.34. The first-order chi connectivity index (χ1) is 15.5. The topological polar surface area (TPSA) is 66.8 Å². The molecule has 32 heavy (non-hydrogen) atoms. The molecular weight excluding hydrogens is 406 g/mol. The zero-order chi connectivity index (χ0) is 23.3. The summed E-state index contributed by atoms with van der Waals surface area (Å²) < 4.78 is 18.4. The van der Waals surface area contributed by atoms with Gasteiger partial charge >= 0.3 is 5.97 Å². The van der Waals surface area contributed by atoms with E-state index < -0.39 is 5.97 Å². The number of methoxy groups -OCH3 is 1. The molecule has 0 atom stereocenters. The number of benzene rings is 1. The fraction of sp³-hybridized carbons (Fsp3) is 0.615. The molecule has 2 aromatic rings. The average molecular weight is 446 g/mol. The highest BCUT2D eigenvalue weighted by molar-refractivity contribution is 5.90. The fourth-order valence-corrected chi connectivity index (χ4v) is 3.90. The molecule has 0 radical (unpaired) electrons. The minimum atomic E-state index is -0.545. The van der Waals surface area contributed by atoms with Gasteiger partial charge in [-0.2, -0.15) is 0 Å². The van der Waals surface area contributed by atoms with Gasteiger partial charge in [-0.25, -0.2) is 0 Å². The molecule has 0 amide bonds. The fourth-order valence-electron chi connectivity index (χ4n) is 3.90. The molecule has 1 aromatic carbocycles. The molecule has 0 unspecified atom stereocenters. The van der Waals surface area contributed by atoms with Crippen LogP contribution in [0, 0.1) is 0 Å². The number of nitrogens with zero attached hydrogens (tertiary/aromatic N) is 1. The van der Waals surface area contributed by atoms with Gasteiger partial charge in [-0.05, 0) is 25.0 Å². The Hall–Kier alpha value is -2.50. The Morgan fingerprint density at radius 2 is 1.56 bits per heavy atom. The van der Waals surface area contributed by atoms with E-state index >= 15 is 0 Å². The van der Waals surface area contributed by atoms with Gasteiger partial charge in [-0.15, -0.1) is 0 Å². The van der Waals surface area contributed by atoms with Gasteiger partial charge in [0.2, 0.25) is 5.75 Å². The van der Waals surface area contributed by atoms with Crippen LogP contribution >= 0.6 is 0 Å². The van der Waals surface area contributed by atoms with Crippen LogP contribution in [0.25, 0.3) is 10.9 Å². The molecule has 0 N–H and O–H groups in total. The lowest BCUT2D eigenvalue weighted by Gasteiger charge is -2.17. The number of fused-ring (bicyclic) bond motifs is 1. The third kappa shape index (κ3) is 7.28. The first kappa shape index (κ1) is 25.8. The van der Waals surface area contributed by atoms with Crippen LogP contribution in [0.1, 0.15) is 85.0 Å². The van der Waals surface area contributed by atoms with Crippen LogP contribution in [0.3, 0.4) is 0 Å². The second-order valence-electron chi connectivity index (χ2n) is 8.27. The Balaban J connectivity index is 2.30. The second kappa shape index (κ2) is 13.8. The summed E-state index contributed by atoms with van der Waals surface area (Å²) >= 11 is 0. The normalized spacial score (nSPS) is 11.0. The number of ether oxygens (including phenoxy) is 3. The molecule has 0 saturated heterocycles. The number of esters is 1. The Labute approximate surface area is 191 Å². The number of carbonyl (C=O) groups is 1. The number of aromatic nitrogens is 1. The van der Waals surface area contributed by atoms with Crippen LogP contribution in [-0.2, 0) is 11.3 Å². The SMILES string of the molecule is CCCCCCCCOc1ccc2c(OC)c(OC(C)=O)c(=O)n(CCCCCC)c2c1. The smallest absolute Gasteiger partial charge is 0.308 e. The Morgan fingerprint density at radius 3 is 2.22 bits per heavy atom. The van der Waals surface area contributed by atoms with E-state index in [1.807, 2.05) is 18.2 Å². The Bertz CT molecular complexity index is 919. The minimum Gasteiger partial charge on any atom is -0.494 e. The molecule has 1 heterocycles. The first-order valence-corrected chi connectivity index (χ1v) is 12.1. The third-order valence-electron chi connectivity index (χ3n) is 5.60. The van der Waals surface area contributed by atoms with Gasteiger partial charge in [0.05, 0.1) is 19.2 Å². The Kier molecular flexibility index (Phi) is 11.1. The third-order valence-corrected chi connectivity index (χ3v) is 5.60. The molecule has 178 valence electrons. The zero-order valence-electron chi connectivity index (χ0n) is 20.2. The van der Waals surface area contributed by atoms with E-state index in [2.05, 4.69) is 13.8 Å². The van der Waals surface area contributed by atoms with E-state index in [0.717, 1.165) is 55.2 Å². The minimum absolute atomic E-state index is 0.0521. The molecule has 2 rings (SSSR count). The lowest BCUT2D eigenvalue weighted by Crippen LogP contribution is -2.24. The van der Waals surface area contributed by atoms with E-state index in [0.29, 0.717) is 13.2 Å². The van der Waals surface area contributed by atoms with Crippen LogP contribution in [0.2, 0.25) is 0 Å². The predicted molar refractivity (Wildman–Crippen MR) is 129 cm³/mol. The summed E-state index contributed by atoms with van der Waals surface area (Å²) in [6, 6.07) is 5.65. The molecule has 0 aliphatic rings. The highest BCUT2D eigenvalue weighted by Gasteiger charge is 2.21. The van der Waals surface area contributed by atoms with Crippen molar-refractivity contribution in [3.8, 4) is 17.2 Å². The molecule has 0 spiro atoms. The lowest BCUT2D eigenvalue weighted by molar-refractivity contribution is -0.132. The van der Waals surface area contributed by atoms with Gasteiger partial charge in [-0.3, -0.25) is 9.59 Å². The summed E-state index contributed by atoms with van der Waals surface area (Å²) in [6.45, 7) is 6.86. The van der Waals surface area contributed by atoms with Gasteiger partial charge in [0.25, 0.3) is 5.56 Å². The van der Waals surface area contributed by atoms with Crippen LogP contribution in [0.4, 0.5) is 0 Å². The maximum Gasteiger partial charge on any atom is 0.308 e. The van der Waals surface area contributed by atoms with Crippen molar-refractivity contribution in [1.82, 2.24) is 4.57 Å². The van der Waals surface area contributed by atoms with Crippen molar-refractivity contribution in [2.45, 2.75) is 91.5 Å². The van der Waals surface area contributed by atoms with E-state index in [9.17, 15) is 9.59 Å². The van der Waals surface area contributed by atoms with Crippen molar-refractivity contribution in [1.29, 1.82) is 0 Å². The van der Waals surface area contributed by atoms with Crippen molar-refractivity contribution in [3.05, 3.63) is 28.6 Å². The van der Waals surface area contributed by atoms with E-state index in [1.165, 1.54) is 39.7 Å². The maximum absolute atomic E-state index is 13.2. The average Bonchev–Trinajstić information content (AvgIpc) is 2.78. The van der Waals surface area contributed by atoms with Gasteiger partial charge in [-0.1, -0.05) is 65.2 Å². The molecule has 0 bridgehead atoms. The van der Waals surface area contributed by atoms with Gasteiger partial charge in [0, 0.05) is 24.9 Å². The van der Waals surface area contributed by atoms with E-state index in [1.54, 1.807) is 4.57 Å². The van der Waals surface area contributed by atoms with Crippen molar-refractivity contribution in [3.63, 3.8) is 0 Å². The van der Waals surface area contributed by atoms with E-state index in [-0.39, 0.29) is 17.1 Å². The molecular formula is C26H39NO5. The standard InChI is InChI=1S/C26H39NO5/c1-5-7-9-11-12-14-18-31-21-15-16-22-23(19-21)27(17-13-10-8-6-2)26(29)25(24(22)30-4)32-20(3)28/h15-16,19H,5-14,17-18H2,1-4H3. The number of rotatable bonds is 15. The number of aryl methyl sites for hydroxylation is 1. The van der Waals surface area contributed by atoms with Crippen molar-refractivity contribution in [2.75, 3.05) is 13.7 Å². The van der Waals surface area contributed by atoms with Gasteiger partial charge < -0.3 is 18.8 Å². The molecule has 0 aliphatic carbocycles. The summed E-state index contributed by atoms with van der Waals surface area (Å²) in [7, 11) is 1.48. The number of carbonyl (C=O) groups excluding carboxylic acids is 1. The number of pyridine rings is 1. The van der Waals surface area contributed by atoms with Crippen LogP contribution in [-0.4, -0.2) is 24.3 Å². The summed E-state index contributed by atoms with van der Waals surface area (Å²) in [5, 5.41) is 0.728. The molecule has 6 heteroatoms. The predicted octanol–water partition coefficient (Wildman–Crippen LogP) is 6.26. The van der Waals surface area contributed by atoms with Crippen LogP contribution in [0.15, 0.2) is 23.0 Å². The lowest BCUT2D eigenvalue weighted by atomic mass is 10.1. The zero-order valence-corrected chi connectivity index (χ0v) is 20.2. The monoisotopic (exact) mass is 445 g/mol. The molecule has 0 fully saturated rings. The van der Waals surface area contributed by atoms with Crippen LogP contribution < -0.4 is 19.8 Å². The molecule has 1 aromatic heterocycles. The number of hydrogen-bond acceptors (Lipinski definition) is 5. The second-order valence-corrected chi connectivity index (χ2v) is 8.27. The van der Waals surface area contributed by atoms with Crippen molar-refractivity contribution in [2.24, 2.45) is 0 Å². The number of hydrogen-bond donors (Lipinski definition) is 0.